The average molecular weight is 444 g/mol. The van der Waals surface area contributed by atoms with Crippen molar-refractivity contribution in [2.75, 3.05) is 0 Å². The molecule has 1 nitrogen and oxygen atoms in total. The average Bonchev–Trinajstić information content (AvgIpc) is 2.42. The monoisotopic (exact) mass is 442 g/mol. The van der Waals surface area contributed by atoms with Crippen molar-refractivity contribution in [1.82, 2.24) is 0 Å². The maximum Gasteiger partial charge on any atom is 0.419 e. The fourth-order valence-corrected chi connectivity index (χ4v) is 2.49. The van der Waals surface area contributed by atoms with Crippen molar-refractivity contribution in [2.24, 2.45) is 0 Å². The van der Waals surface area contributed by atoms with E-state index in [2.05, 4.69) is 31.9 Å². The Morgan fingerprint density at radius 2 is 1.76 bits per heavy atom. The Balaban J connectivity index is 2.46. The summed E-state index contributed by atoms with van der Waals surface area (Å²) in [5.74, 6) is -0.129. The van der Waals surface area contributed by atoms with Crippen molar-refractivity contribution in [2.45, 2.75) is 11.5 Å². The van der Waals surface area contributed by atoms with Gasteiger partial charge in [0.1, 0.15) is 11.5 Å². The van der Waals surface area contributed by atoms with Crippen LogP contribution in [-0.2, 0) is 11.5 Å². The summed E-state index contributed by atoms with van der Waals surface area (Å²) in [5, 5.41) is 0.560. The summed E-state index contributed by atoms with van der Waals surface area (Å²) in [4.78, 5) is 0. The molecule has 0 saturated carbocycles. The van der Waals surface area contributed by atoms with E-state index in [0.717, 1.165) is 6.07 Å². The van der Waals surface area contributed by atoms with E-state index in [1.807, 2.05) is 0 Å². The van der Waals surface area contributed by atoms with Crippen molar-refractivity contribution >= 4 is 43.5 Å². The van der Waals surface area contributed by atoms with Crippen molar-refractivity contribution in [3.05, 3.63) is 57.0 Å². The van der Waals surface area contributed by atoms with Crippen LogP contribution in [0.5, 0.6) is 11.5 Å². The highest BCUT2D eigenvalue weighted by molar-refractivity contribution is 9.10. The molecule has 0 N–H and O–H groups in total. The lowest BCUT2D eigenvalue weighted by Gasteiger charge is -2.15. The number of alkyl halides is 4. The second kappa shape index (κ2) is 6.58. The van der Waals surface area contributed by atoms with Crippen molar-refractivity contribution in [3.8, 4) is 11.5 Å². The highest BCUT2D eigenvalue weighted by Crippen LogP contribution is 2.40. The molecule has 0 aliphatic heterocycles. The predicted octanol–water partition coefficient (Wildman–Crippen LogP) is 6.81. The van der Waals surface area contributed by atoms with Gasteiger partial charge < -0.3 is 4.74 Å². The van der Waals surface area contributed by atoms with Crippen LogP contribution in [0.2, 0.25) is 5.02 Å². The zero-order valence-electron chi connectivity index (χ0n) is 10.3. The van der Waals surface area contributed by atoms with Gasteiger partial charge in [0.25, 0.3) is 0 Å². The number of hydrogen-bond donors (Lipinski definition) is 0. The zero-order valence-corrected chi connectivity index (χ0v) is 14.3. The lowest BCUT2D eigenvalue weighted by Crippen LogP contribution is -2.08. The molecular weight excluding hydrogens is 436 g/mol. The number of ether oxygens (including phenoxy) is 1. The second-order valence-electron chi connectivity index (χ2n) is 4.14. The molecule has 0 heterocycles. The number of halogens is 6. The van der Waals surface area contributed by atoms with E-state index in [1.54, 1.807) is 18.2 Å². The Bertz CT molecular complexity index is 659. The van der Waals surface area contributed by atoms with Gasteiger partial charge in [-0.2, -0.15) is 13.2 Å². The van der Waals surface area contributed by atoms with Crippen LogP contribution in [-0.4, -0.2) is 0 Å². The van der Waals surface area contributed by atoms with Crippen LogP contribution < -0.4 is 4.74 Å². The van der Waals surface area contributed by atoms with Gasteiger partial charge in [-0.3, -0.25) is 0 Å². The maximum absolute atomic E-state index is 13.1. The van der Waals surface area contributed by atoms with Crippen LogP contribution in [0.15, 0.2) is 40.9 Å². The third-order valence-electron chi connectivity index (χ3n) is 2.62. The van der Waals surface area contributed by atoms with Gasteiger partial charge >= 0.3 is 6.18 Å². The molecule has 21 heavy (non-hydrogen) atoms. The van der Waals surface area contributed by atoms with Crippen molar-refractivity contribution in [1.29, 1.82) is 0 Å². The number of rotatable bonds is 3. The predicted molar refractivity (Wildman–Crippen MR) is 83.3 cm³/mol. The standard InChI is InChI=1S/C14H8Br2ClF3O/c15-7-8-1-4-12(10(5-8)14(18,19)20)21-13-6-9(16)2-3-11(13)17/h1-6H,7H2. The molecule has 2 rings (SSSR count). The molecule has 0 saturated heterocycles. The summed E-state index contributed by atoms with van der Waals surface area (Å²) < 4.78 is 45.3. The SMILES string of the molecule is FC(F)(F)c1cc(CBr)ccc1Oc1cc(Br)ccc1Cl. The van der Waals surface area contributed by atoms with Gasteiger partial charge in [-0.15, -0.1) is 0 Å². The van der Waals surface area contributed by atoms with Crippen molar-refractivity contribution < 1.29 is 17.9 Å². The van der Waals surface area contributed by atoms with Gasteiger partial charge in [0.2, 0.25) is 0 Å². The smallest absolute Gasteiger partial charge is 0.419 e. The molecule has 2 aromatic carbocycles. The zero-order chi connectivity index (χ0) is 15.6. The van der Waals surface area contributed by atoms with E-state index < -0.39 is 11.7 Å². The number of benzene rings is 2. The van der Waals surface area contributed by atoms with Gasteiger partial charge in [0.15, 0.2) is 0 Å². The summed E-state index contributed by atoms with van der Waals surface area (Å²) in [6, 6.07) is 8.63. The normalized spacial score (nSPS) is 11.5. The molecule has 2 aromatic rings. The highest BCUT2D eigenvalue weighted by atomic mass is 79.9. The van der Waals surface area contributed by atoms with E-state index >= 15 is 0 Å². The second-order valence-corrected chi connectivity index (χ2v) is 6.02. The third-order valence-corrected chi connectivity index (χ3v) is 4.07. The van der Waals surface area contributed by atoms with Gasteiger partial charge in [0, 0.05) is 9.80 Å². The molecule has 0 aliphatic carbocycles. The quantitative estimate of drug-likeness (QED) is 0.473. The summed E-state index contributed by atoms with van der Waals surface area (Å²) in [6.07, 6.45) is -4.51. The lowest BCUT2D eigenvalue weighted by atomic mass is 10.1. The highest BCUT2D eigenvalue weighted by Gasteiger charge is 2.35. The molecule has 0 aliphatic rings. The van der Waals surface area contributed by atoms with Crippen LogP contribution in [0.3, 0.4) is 0 Å². The Hall–Kier alpha value is -0.720. The van der Waals surface area contributed by atoms with E-state index in [-0.39, 0.29) is 16.5 Å². The summed E-state index contributed by atoms with van der Waals surface area (Å²) in [5.41, 5.74) is -0.328. The summed E-state index contributed by atoms with van der Waals surface area (Å²) in [7, 11) is 0. The van der Waals surface area contributed by atoms with Crippen LogP contribution in [0, 0.1) is 0 Å². The van der Waals surface area contributed by atoms with Gasteiger partial charge in [-0.25, -0.2) is 0 Å². The van der Waals surface area contributed by atoms with Crippen LogP contribution in [0.1, 0.15) is 11.1 Å². The minimum absolute atomic E-state index is 0.156. The van der Waals surface area contributed by atoms with Crippen molar-refractivity contribution in [3.63, 3.8) is 0 Å². The van der Waals surface area contributed by atoms with Crippen LogP contribution >= 0.6 is 43.5 Å². The fourth-order valence-electron chi connectivity index (χ4n) is 1.64. The van der Waals surface area contributed by atoms with Crippen LogP contribution in [0.25, 0.3) is 0 Å². The first-order chi connectivity index (χ1) is 9.81. The molecule has 0 unspecified atom stereocenters. The molecule has 112 valence electrons. The molecule has 0 spiro atoms. The first kappa shape index (κ1) is 16.6. The van der Waals surface area contributed by atoms with Gasteiger partial charge in [-0.1, -0.05) is 49.5 Å². The molecule has 0 aromatic heterocycles. The lowest BCUT2D eigenvalue weighted by molar-refractivity contribution is -0.138. The number of hydrogen-bond acceptors (Lipinski definition) is 1. The van der Waals surface area contributed by atoms with Gasteiger partial charge in [0.05, 0.1) is 10.6 Å². The van der Waals surface area contributed by atoms with Crippen LogP contribution in [0.4, 0.5) is 13.2 Å². The first-order valence-corrected chi connectivity index (χ1v) is 7.99. The third kappa shape index (κ3) is 4.14. The Kier molecular flexibility index (Phi) is 5.22. The molecule has 0 atom stereocenters. The van der Waals surface area contributed by atoms with Gasteiger partial charge in [-0.05, 0) is 35.9 Å². The molecule has 7 heteroatoms. The maximum atomic E-state index is 13.1. The van der Waals surface area contributed by atoms with E-state index in [9.17, 15) is 13.2 Å². The molecule has 0 radical (unpaired) electrons. The largest absolute Gasteiger partial charge is 0.455 e. The molecule has 0 bridgehead atoms. The fraction of sp³-hybridized carbons (Fsp3) is 0.143. The van der Waals surface area contributed by atoms with E-state index in [4.69, 9.17) is 16.3 Å². The summed E-state index contributed by atoms with van der Waals surface area (Å²) >= 11 is 12.3. The van der Waals surface area contributed by atoms with E-state index in [1.165, 1.54) is 12.1 Å². The Morgan fingerprint density at radius 3 is 2.38 bits per heavy atom. The molecule has 0 fully saturated rings. The minimum atomic E-state index is -4.51. The Labute approximate surface area is 141 Å². The van der Waals surface area contributed by atoms with E-state index in [0.29, 0.717) is 15.4 Å². The topological polar surface area (TPSA) is 9.23 Å². The Morgan fingerprint density at radius 1 is 1.05 bits per heavy atom. The minimum Gasteiger partial charge on any atom is -0.455 e. The summed E-state index contributed by atoms with van der Waals surface area (Å²) in [6.45, 7) is 0. The molecular formula is C14H8Br2ClF3O. The first-order valence-electron chi connectivity index (χ1n) is 5.70. The molecule has 0 amide bonds.